The lowest BCUT2D eigenvalue weighted by atomic mass is 10.1. The summed E-state index contributed by atoms with van der Waals surface area (Å²) in [7, 11) is 0. The van der Waals surface area contributed by atoms with E-state index < -0.39 is 4.92 Å². The number of nitro groups is 1. The van der Waals surface area contributed by atoms with Gasteiger partial charge in [-0.2, -0.15) is 5.10 Å². The second kappa shape index (κ2) is 6.60. The standard InChI is InChI=1S/C17H16N4O4/c1-3-25-16-8-13-14(9-15(16)21(23)24)19-20-17(13)11-5-4-6-12(7-11)18-10(2)22/h4-9H,3H2,1-2H3,(H,18,22)(H,19,20). The molecular weight excluding hydrogens is 324 g/mol. The summed E-state index contributed by atoms with van der Waals surface area (Å²) in [6.07, 6.45) is 0. The largest absolute Gasteiger partial charge is 0.487 e. The van der Waals surface area contributed by atoms with Crippen LogP contribution in [0.4, 0.5) is 11.4 Å². The summed E-state index contributed by atoms with van der Waals surface area (Å²) in [5.74, 6) is 0.0268. The number of carbonyl (C=O) groups is 1. The van der Waals surface area contributed by atoms with Crippen LogP contribution in [0.5, 0.6) is 5.75 Å². The van der Waals surface area contributed by atoms with Crippen molar-refractivity contribution in [2.24, 2.45) is 0 Å². The highest BCUT2D eigenvalue weighted by molar-refractivity contribution is 5.96. The fraction of sp³-hybridized carbons (Fsp3) is 0.176. The van der Waals surface area contributed by atoms with Crippen molar-refractivity contribution < 1.29 is 14.5 Å². The summed E-state index contributed by atoms with van der Waals surface area (Å²) in [6, 6.07) is 10.2. The number of carbonyl (C=O) groups excluding carboxylic acids is 1. The molecule has 0 radical (unpaired) electrons. The molecule has 128 valence electrons. The minimum Gasteiger partial charge on any atom is -0.487 e. The minimum absolute atomic E-state index is 0.114. The van der Waals surface area contributed by atoms with Crippen LogP contribution in [0.1, 0.15) is 13.8 Å². The lowest BCUT2D eigenvalue weighted by molar-refractivity contribution is -0.385. The molecule has 0 aliphatic rings. The van der Waals surface area contributed by atoms with Crippen molar-refractivity contribution in [3.05, 3.63) is 46.5 Å². The zero-order valence-corrected chi connectivity index (χ0v) is 13.7. The van der Waals surface area contributed by atoms with Gasteiger partial charge in [-0.25, -0.2) is 0 Å². The molecule has 0 unspecified atom stereocenters. The Hall–Kier alpha value is -3.42. The Morgan fingerprint density at radius 1 is 1.36 bits per heavy atom. The van der Waals surface area contributed by atoms with Gasteiger partial charge in [-0.15, -0.1) is 0 Å². The van der Waals surface area contributed by atoms with Gasteiger partial charge >= 0.3 is 5.69 Å². The van der Waals surface area contributed by atoms with Gasteiger partial charge in [-0.1, -0.05) is 12.1 Å². The van der Waals surface area contributed by atoms with Crippen LogP contribution in [0.3, 0.4) is 0 Å². The zero-order chi connectivity index (χ0) is 18.0. The molecule has 2 N–H and O–H groups in total. The van der Waals surface area contributed by atoms with Crippen molar-refractivity contribution in [1.29, 1.82) is 0 Å². The van der Waals surface area contributed by atoms with E-state index in [1.165, 1.54) is 13.0 Å². The summed E-state index contributed by atoms with van der Waals surface area (Å²) < 4.78 is 5.40. The Morgan fingerprint density at radius 3 is 2.84 bits per heavy atom. The molecule has 0 saturated carbocycles. The van der Waals surface area contributed by atoms with Crippen LogP contribution in [-0.4, -0.2) is 27.6 Å². The maximum absolute atomic E-state index is 11.2. The van der Waals surface area contributed by atoms with E-state index in [1.54, 1.807) is 31.2 Å². The SMILES string of the molecule is CCOc1cc2c(-c3cccc(NC(C)=O)c3)n[nH]c2cc1[N+](=O)[O-]. The normalized spacial score (nSPS) is 10.6. The molecule has 8 heteroatoms. The number of benzene rings is 2. The third kappa shape index (κ3) is 3.27. The van der Waals surface area contributed by atoms with E-state index in [-0.39, 0.29) is 17.3 Å². The topological polar surface area (TPSA) is 110 Å². The molecule has 0 fully saturated rings. The smallest absolute Gasteiger partial charge is 0.313 e. The first-order valence-electron chi connectivity index (χ1n) is 7.67. The van der Waals surface area contributed by atoms with E-state index >= 15 is 0 Å². The molecule has 0 bridgehead atoms. The van der Waals surface area contributed by atoms with Crippen molar-refractivity contribution in [2.45, 2.75) is 13.8 Å². The van der Waals surface area contributed by atoms with Gasteiger partial charge < -0.3 is 10.1 Å². The number of aromatic amines is 1. The number of ether oxygens (including phenoxy) is 1. The highest BCUT2D eigenvalue weighted by Crippen LogP contribution is 2.36. The van der Waals surface area contributed by atoms with Gasteiger partial charge in [0.2, 0.25) is 5.91 Å². The first-order chi connectivity index (χ1) is 12.0. The zero-order valence-electron chi connectivity index (χ0n) is 13.7. The van der Waals surface area contributed by atoms with Gasteiger partial charge in [0.15, 0.2) is 5.75 Å². The maximum atomic E-state index is 11.2. The molecule has 0 aliphatic carbocycles. The average molecular weight is 340 g/mol. The van der Waals surface area contributed by atoms with Gasteiger partial charge in [-0.05, 0) is 25.1 Å². The van der Waals surface area contributed by atoms with E-state index in [1.807, 2.05) is 6.07 Å². The molecule has 2 aromatic carbocycles. The van der Waals surface area contributed by atoms with Crippen LogP contribution >= 0.6 is 0 Å². The van der Waals surface area contributed by atoms with Gasteiger partial charge in [0.1, 0.15) is 5.69 Å². The third-order valence-corrected chi connectivity index (χ3v) is 3.60. The first-order valence-corrected chi connectivity index (χ1v) is 7.67. The van der Waals surface area contributed by atoms with Gasteiger partial charge in [0, 0.05) is 29.6 Å². The van der Waals surface area contributed by atoms with Crippen LogP contribution in [-0.2, 0) is 4.79 Å². The maximum Gasteiger partial charge on any atom is 0.313 e. The molecule has 8 nitrogen and oxygen atoms in total. The van der Waals surface area contributed by atoms with Crippen molar-refractivity contribution in [3.63, 3.8) is 0 Å². The fourth-order valence-corrected chi connectivity index (χ4v) is 2.61. The minimum atomic E-state index is -0.484. The van der Waals surface area contributed by atoms with Crippen LogP contribution in [0.2, 0.25) is 0 Å². The molecule has 1 heterocycles. The number of nitrogens with one attached hydrogen (secondary N) is 2. The van der Waals surface area contributed by atoms with Crippen LogP contribution < -0.4 is 10.1 Å². The Bertz CT molecular complexity index is 964. The molecule has 1 aromatic heterocycles. The average Bonchev–Trinajstić information content (AvgIpc) is 2.97. The summed E-state index contributed by atoms with van der Waals surface area (Å²) in [5.41, 5.74) is 2.46. The van der Waals surface area contributed by atoms with E-state index in [2.05, 4.69) is 15.5 Å². The Balaban J connectivity index is 2.13. The summed E-state index contributed by atoms with van der Waals surface area (Å²) in [4.78, 5) is 22.0. The molecule has 3 aromatic rings. The van der Waals surface area contributed by atoms with Gasteiger partial charge in [0.25, 0.3) is 0 Å². The van der Waals surface area contributed by atoms with Crippen LogP contribution in [0.25, 0.3) is 22.2 Å². The molecule has 0 saturated heterocycles. The van der Waals surface area contributed by atoms with Crippen molar-refractivity contribution >= 4 is 28.2 Å². The van der Waals surface area contributed by atoms with E-state index in [9.17, 15) is 14.9 Å². The van der Waals surface area contributed by atoms with Crippen molar-refractivity contribution in [3.8, 4) is 17.0 Å². The van der Waals surface area contributed by atoms with Gasteiger partial charge in [-0.3, -0.25) is 20.0 Å². The second-order valence-electron chi connectivity index (χ2n) is 5.39. The van der Waals surface area contributed by atoms with E-state index in [0.29, 0.717) is 28.9 Å². The highest BCUT2D eigenvalue weighted by atomic mass is 16.6. The number of hydrogen-bond acceptors (Lipinski definition) is 5. The molecular formula is C17H16N4O4. The van der Waals surface area contributed by atoms with E-state index in [4.69, 9.17) is 4.74 Å². The van der Waals surface area contributed by atoms with Crippen molar-refractivity contribution in [1.82, 2.24) is 10.2 Å². The Kier molecular flexibility index (Phi) is 4.34. The Labute approximate surface area is 143 Å². The van der Waals surface area contributed by atoms with Crippen molar-refractivity contribution in [2.75, 3.05) is 11.9 Å². The molecule has 1 amide bonds. The monoisotopic (exact) mass is 340 g/mol. The predicted octanol–water partition coefficient (Wildman–Crippen LogP) is 3.50. The fourth-order valence-electron chi connectivity index (χ4n) is 2.61. The van der Waals surface area contributed by atoms with E-state index in [0.717, 1.165) is 5.56 Å². The molecule has 25 heavy (non-hydrogen) atoms. The number of H-pyrrole nitrogens is 1. The third-order valence-electron chi connectivity index (χ3n) is 3.60. The molecule has 0 atom stereocenters. The Morgan fingerprint density at radius 2 is 2.16 bits per heavy atom. The number of amides is 1. The molecule has 0 spiro atoms. The summed E-state index contributed by atoms with van der Waals surface area (Å²) in [6.45, 7) is 3.52. The number of fused-ring (bicyclic) bond motifs is 1. The second-order valence-corrected chi connectivity index (χ2v) is 5.39. The van der Waals surface area contributed by atoms with Crippen LogP contribution in [0, 0.1) is 10.1 Å². The number of rotatable bonds is 5. The quantitative estimate of drug-likeness (QED) is 0.545. The summed E-state index contributed by atoms with van der Waals surface area (Å²) in [5, 5.41) is 21.7. The van der Waals surface area contributed by atoms with Crippen LogP contribution in [0.15, 0.2) is 36.4 Å². The number of anilines is 1. The number of hydrogen-bond donors (Lipinski definition) is 2. The number of aromatic nitrogens is 2. The molecule has 3 rings (SSSR count). The highest BCUT2D eigenvalue weighted by Gasteiger charge is 2.20. The number of nitro benzene ring substituents is 1. The predicted molar refractivity (Wildman–Crippen MR) is 93.7 cm³/mol. The molecule has 0 aliphatic heterocycles. The number of nitrogens with zero attached hydrogens (tertiary/aromatic N) is 2. The lowest BCUT2D eigenvalue weighted by Crippen LogP contribution is -2.05. The van der Waals surface area contributed by atoms with Gasteiger partial charge in [0.05, 0.1) is 17.0 Å². The lowest BCUT2D eigenvalue weighted by Gasteiger charge is -2.06. The summed E-state index contributed by atoms with van der Waals surface area (Å²) >= 11 is 0. The first kappa shape index (κ1) is 16.4.